The number of carboxylic acid groups (broad SMARTS) is 1. The van der Waals surface area contributed by atoms with Crippen molar-refractivity contribution in [2.24, 2.45) is 0 Å². The molecule has 164 valence electrons. The maximum absolute atomic E-state index is 12.7. The normalized spacial score (nSPS) is 19.5. The van der Waals surface area contributed by atoms with Gasteiger partial charge in [0.15, 0.2) is 5.82 Å². The Balaban J connectivity index is 0.000000589. The summed E-state index contributed by atoms with van der Waals surface area (Å²) in [5, 5.41) is 7.42. The maximum atomic E-state index is 12.7. The molecule has 1 aromatic heterocycles. The Bertz CT molecular complexity index is 891. The number of fused-ring (bicyclic) bond motifs is 1. The van der Waals surface area contributed by atoms with Gasteiger partial charge in [0.1, 0.15) is 0 Å². The van der Waals surface area contributed by atoms with Gasteiger partial charge in [-0.25, -0.2) is 4.98 Å². The van der Waals surface area contributed by atoms with Crippen LogP contribution in [0.1, 0.15) is 70.8 Å². The number of piperidine rings is 1. The average molecular weight is 415 g/mol. The van der Waals surface area contributed by atoms with E-state index in [1.807, 2.05) is 28.8 Å². The van der Waals surface area contributed by atoms with Gasteiger partial charge in [0.25, 0.3) is 11.5 Å². The maximum Gasteiger partial charge on any atom is 0.300 e. The summed E-state index contributed by atoms with van der Waals surface area (Å²) < 4.78 is 1.91. The van der Waals surface area contributed by atoms with E-state index in [0.717, 1.165) is 49.9 Å². The van der Waals surface area contributed by atoms with Crippen molar-refractivity contribution in [3.8, 4) is 0 Å². The number of para-hydroxylation sites is 2. The number of nitrogens with zero attached hydrogens (tertiary/aromatic N) is 3. The van der Waals surface area contributed by atoms with E-state index in [-0.39, 0.29) is 17.4 Å². The lowest BCUT2D eigenvalue weighted by Crippen LogP contribution is -2.43. The van der Waals surface area contributed by atoms with E-state index in [0.29, 0.717) is 0 Å². The van der Waals surface area contributed by atoms with Crippen LogP contribution in [0.3, 0.4) is 0 Å². The molecule has 1 aliphatic carbocycles. The van der Waals surface area contributed by atoms with Gasteiger partial charge in [-0.1, -0.05) is 44.2 Å². The van der Waals surface area contributed by atoms with Crippen molar-refractivity contribution in [1.29, 1.82) is 0 Å². The van der Waals surface area contributed by atoms with Crippen LogP contribution in [0.4, 0.5) is 5.82 Å². The molecule has 30 heavy (non-hydrogen) atoms. The van der Waals surface area contributed by atoms with Gasteiger partial charge >= 0.3 is 0 Å². The predicted octanol–water partition coefficient (Wildman–Crippen LogP) is 3.82. The SMILES string of the molecule is CC(=O)O.Nc1nc2ccccc2n(C2CCN(C3CCCCCCC3)CC2)c1=O. The quantitative estimate of drug-likeness (QED) is 0.775. The number of rotatable bonds is 2. The van der Waals surface area contributed by atoms with Crippen LogP contribution in [0.5, 0.6) is 0 Å². The van der Waals surface area contributed by atoms with Crippen LogP contribution < -0.4 is 11.3 Å². The zero-order chi connectivity index (χ0) is 21.5. The lowest BCUT2D eigenvalue weighted by Gasteiger charge is -2.39. The lowest BCUT2D eigenvalue weighted by molar-refractivity contribution is -0.134. The van der Waals surface area contributed by atoms with Gasteiger partial charge in [-0.05, 0) is 37.8 Å². The van der Waals surface area contributed by atoms with E-state index in [1.165, 1.54) is 44.9 Å². The lowest BCUT2D eigenvalue weighted by atomic mass is 9.93. The first-order valence-electron chi connectivity index (χ1n) is 11.2. The smallest absolute Gasteiger partial charge is 0.300 e. The minimum Gasteiger partial charge on any atom is -0.481 e. The van der Waals surface area contributed by atoms with Crippen LogP contribution in [0.15, 0.2) is 29.1 Å². The monoisotopic (exact) mass is 414 g/mol. The summed E-state index contributed by atoms with van der Waals surface area (Å²) in [5.74, 6) is -0.717. The van der Waals surface area contributed by atoms with E-state index in [4.69, 9.17) is 15.6 Å². The molecule has 2 aromatic rings. The number of anilines is 1. The largest absolute Gasteiger partial charge is 0.481 e. The Labute approximate surface area is 177 Å². The third-order valence-electron chi connectivity index (χ3n) is 6.28. The van der Waals surface area contributed by atoms with Gasteiger partial charge in [0, 0.05) is 32.1 Å². The second-order valence-corrected chi connectivity index (χ2v) is 8.45. The Morgan fingerprint density at radius 3 is 2.20 bits per heavy atom. The molecule has 2 fully saturated rings. The third-order valence-corrected chi connectivity index (χ3v) is 6.28. The number of nitrogen functional groups attached to an aromatic ring is 1. The van der Waals surface area contributed by atoms with E-state index < -0.39 is 5.97 Å². The van der Waals surface area contributed by atoms with Crippen molar-refractivity contribution in [1.82, 2.24) is 14.5 Å². The number of nitrogens with two attached hydrogens (primary N) is 1. The third kappa shape index (κ3) is 5.59. The number of carboxylic acids is 1. The highest BCUT2D eigenvalue weighted by Gasteiger charge is 2.27. The molecule has 0 atom stereocenters. The van der Waals surface area contributed by atoms with Gasteiger partial charge in [0.05, 0.1) is 11.0 Å². The number of benzene rings is 1. The van der Waals surface area contributed by atoms with Gasteiger partial charge in [-0.3, -0.25) is 9.59 Å². The predicted molar refractivity (Wildman–Crippen MR) is 120 cm³/mol. The van der Waals surface area contributed by atoms with Crippen molar-refractivity contribution in [3.05, 3.63) is 34.6 Å². The van der Waals surface area contributed by atoms with E-state index in [2.05, 4.69) is 9.88 Å². The summed E-state index contributed by atoms with van der Waals surface area (Å²) in [6, 6.07) is 8.81. The van der Waals surface area contributed by atoms with Gasteiger partial charge in [0.2, 0.25) is 0 Å². The Morgan fingerprint density at radius 2 is 1.57 bits per heavy atom. The Kier molecular flexibility index (Phi) is 7.85. The number of aromatic nitrogens is 2. The number of hydrogen-bond donors (Lipinski definition) is 2. The van der Waals surface area contributed by atoms with Gasteiger partial charge in [-0.15, -0.1) is 0 Å². The van der Waals surface area contributed by atoms with E-state index in [1.54, 1.807) is 0 Å². The zero-order valence-corrected chi connectivity index (χ0v) is 17.9. The van der Waals surface area contributed by atoms with Crippen molar-refractivity contribution < 1.29 is 9.90 Å². The van der Waals surface area contributed by atoms with E-state index >= 15 is 0 Å². The summed E-state index contributed by atoms with van der Waals surface area (Å²) in [6.07, 6.45) is 11.7. The fourth-order valence-electron chi connectivity index (χ4n) is 4.84. The summed E-state index contributed by atoms with van der Waals surface area (Å²) in [7, 11) is 0. The number of hydrogen-bond acceptors (Lipinski definition) is 5. The number of likely N-dealkylation sites (tertiary alicyclic amines) is 1. The molecule has 4 rings (SSSR count). The molecule has 1 aliphatic heterocycles. The molecule has 1 saturated heterocycles. The molecule has 2 aliphatic rings. The molecule has 0 amide bonds. The molecule has 0 unspecified atom stereocenters. The highest BCUT2D eigenvalue weighted by atomic mass is 16.4. The Morgan fingerprint density at radius 1 is 1.00 bits per heavy atom. The molecule has 0 bridgehead atoms. The molecule has 1 aromatic carbocycles. The fraction of sp³-hybridized carbons (Fsp3) is 0.609. The number of aliphatic carboxylic acids is 1. The fourth-order valence-corrected chi connectivity index (χ4v) is 4.84. The minimum atomic E-state index is -0.833. The topological polar surface area (TPSA) is 101 Å². The summed E-state index contributed by atoms with van der Waals surface area (Å²) in [5.41, 5.74) is 7.51. The Hall–Kier alpha value is -2.41. The van der Waals surface area contributed by atoms with Gasteiger partial charge < -0.3 is 20.3 Å². The van der Waals surface area contributed by atoms with Crippen LogP contribution in [0.25, 0.3) is 11.0 Å². The van der Waals surface area contributed by atoms with Crippen LogP contribution in [-0.4, -0.2) is 44.7 Å². The summed E-state index contributed by atoms with van der Waals surface area (Å²) in [6.45, 7) is 3.25. The molecule has 7 nitrogen and oxygen atoms in total. The van der Waals surface area contributed by atoms with Crippen LogP contribution in [0.2, 0.25) is 0 Å². The van der Waals surface area contributed by atoms with Crippen molar-refractivity contribution in [2.45, 2.75) is 76.8 Å². The van der Waals surface area contributed by atoms with Crippen LogP contribution >= 0.6 is 0 Å². The second kappa shape index (κ2) is 10.6. The van der Waals surface area contributed by atoms with Crippen molar-refractivity contribution in [2.75, 3.05) is 18.8 Å². The summed E-state index contributed by atoms with van der Waals surface area (Å²) in [4.78, 5) is 28.7. The molecule has 1 saturated carbocycles. The molecule has 2 heterocycles. The first-order valence-corrected chi connectivity index (χ1v) is 11.2. The molecule has 0 spiro atoms. The second-order valence-electron chi connectivity index (χ2n) is 8.45. The molecule has 3 N–H and O–H groups in total. The standard InChI is InChI=1S/C21H30N4O.C2H4O2/c22-20-21(26)25(19-11-7-6-10-18(19)23-20)17-12-14-24(15-13-17)16-8-4-2-1-3-5-9-16;1-2(3)4/h6-7,10-11,16-17H,1-5,8-9,12-15H2,(H2,22,23);1H3,(H,3,4). The zero-order valence-electron chi connectivity index (χ0n) is 17.9. The van der Waals surface area contributed by atoms with Gasteiger partial charge in [-0.2, -0.15) is 0 Å². The first kappa shape index (κ1) is 22.3. The minimum absolute atomic E-state index is 0.117. The van der Waals surface area contributed by atoms with Crippen LogP contribution in [0, 0.1) is 0 Å². The highest BCUT2D eigenvalue weighted by molar-refractivity contribution is 5.76. The van der Waals surface area contributed by atoms with Crippen molar-refractivity contribution in [3.63, 3.8) is 0 Å². The van der Waals surface area contributed by atoms with Crippen molar-refractivity contribution >= 4 is 22.8 Å². The molecule has 0 radical (unpaired) electrons. The molecular weight excluding hydrogens is 380 g/mol. The summed E-state index contributed by atoms with van der Waals surface area (Å²) >= 11 is 0. The van der Waals surface area contributed by atoms with Crippen LogP contribution in [-0.2, 0) is 4.79 Å². The average Bonchev–Trinajstić information content (AvgIpc) is 2.69. The first-order chi connectivity index (χ1) is 14.5. The van der Waals surface area contributed by atoms with E-state index in [9.17, 15) is 4.79 Å². The molecule has 7 heteroatoms. The molecular formula is C23H34N4O3. The number of carbonyl (C=O) groups is 1. The highest BCUT2D eigenvalue weighted by Crippen LogP contribution is 2.29.